The van der Waals surface area contributed by atoms with Crippen LogP contribution in [0.5, 0.6) is 0 Å². The number of para-hydroxylation sites is 1. The summed E-state index contributed by atoms with van der Waals surface area (Å²) in [4.78, 5) is 26.0. The zero-order chi connectivity index (χ0) is 15.0. The van der Waals surface area contributed by atoms with Gasteiger partial charge in [-0.05, 0) is 37.3 Å². The number of carbonyl (C=O) groups is 2. The molecule has 1 saturated heterocycles. The van der Waals surface area contributed by atoms with Crippen LogP contribution in [0.2, 0.25) is 0 Å². The number of nitrogens with two attached hydrogens (primary N) is 1. The fourth-order valence-electron chi connectivity index (χ4n) is 3.44. The molecule has 0 bridgehead atoms. The molecule has 0 radical (unpaired) electrons. The largest absolute Gasteiger partial charge is 0.341 e. The lowest BCUT2D eigenvalue weighted by Crippen LogP contribution is -2.46. The van der Waals surface area contributed by atoms with E-state index in [4.69, 9.17) is 5.73 Å². The topological polar surface area (TPSA) is 75.4 Å². The summed E-state index contributed by atoms with van der Waals surface area (Å²) >= 11 is 0. The molecule has 0 aliphatic carbocycles. The van der Waals surface area contributed by atoms with Gasteiger partial charge in [-0.1, -0.05) is 18.2 Å². The second-order valence-electron chi connectivity index (χ2n) is 6.01. The molecule has 0 spiro atoms. The Kier molecular flexibility index (Phi) is 5.08. The Morgan fingerprint density at radius 3 is 2.59 bits per heavy atom. The third kappa shape index (κ3) is 2.96. The van der Waals surface area contributed by atoms with Crippen molar-refractivity contribution in [3.05, 3.63) is 29.8 Å². The summed E-state index contributed by atoms with van der Waals surface area (Å²) in [6, 6.07) is 7.43. The van der Waals surface area contributed by atoms with Gasteiger partial charge in [0.1, 0.15) is 0 Å². The van der Waals surface area contributed by atoms with E-state index in [0.717, 1.165) is 24.1 Å². The fraction of sp³-hybridized carbons (Fsp3) is 0.500. The maximum atomic E-state index is 12.2. The molecule has 0 saturated carbocycles. The number of halogens is 1. The molecular formula is C16H22ClN3O2. The van der Waals surface area contributed by atoms with E-state index >= 15 is 0 Å². The number of anilines is 1. The van der Waals surface area contributed by atoms with Crippen LogP contribution in [-0.4, -0.2) is 35.8 Å². The minimum Gasteiger partial charge on any atom is -0.341 e. The van der Waals surface area contributed by atoms with Gasteiger partial charge < -0.3 is 16.0 Å². The molecule has 5 nitrogen and oxygen atoms in total. The number of amides is 2. The van der Waals surface area contributed by atoms with Gasteiger partial charge in [-0.2, -0.15) is 0 Å². The van der Waals surface area contributed by atoms with Crippen molar-refractivity contribution in [2.24, 2.45) is 11.7 Å². The maximum absolute atomic E-state index is 12.2. The molecule has 1 aromatic rings. The Morgan fingerprint density at radius 2 is 1.95 bits per heavy atom. The van der Waals surface area contributed by atoms with Crippen LogP contribution in [0.15, 0.2) is 24.3 Å². The first kappa shape index (κ1) is 16.8. The van der Waals surface area contributed by atoms with Crippen LogP contribution >= 0.6 is 12.4 Å². The van der Waals surface area contributed by atoms with Crippen molar-refractivity contribution in [2.45, 2.75) is 31.7 Å². The maximum Gasteiger partial charge on any atom is 0.239 e. The van der Waals surface area contributed by atoms with E-state index in [1.54, 1.807) is 6.92 Å². The monoisotopic (exact) mass is 323 g/mol. The summed E-state index contributed by atoms with van der Waals surface area (Å²) in [6.07, 6.45) is 1.70. The van der Waals surface area contributed by atoms with Crippen molar-refractivity contribution in [3.8, 4) is 0 Å². The van der Waals surface area contributed by atoms with Crippen LogP contribution < -0.4 is 11.1 Å². The smallest absolute Gasteiger partial charge is 0.239 e. The second kappa shape index (κ2) is 6.67. The van der Waals surface area contributed by atoms with Gasteiger partial charge in [0.2, 0.25) is 11.8 Å². The summed E-state index contributed by atoms with van der Waals surface area (Å²) in [5.74, 6) is 0.317. The normalized spacial score (nSPS) is 22.5. The average Bonchev–Trinajstić information content (AvgIpc) is 2.82. The highest BCUT2D eigenvalue weighted by Crippen LogP contribution is 2.41. The molecule has 1 fully saturated rings. The summed E-state index contributed by atoms with van der Waals surface area (Å²) < 4.78 is 0. The Hall–Kier alpha value is -1.59. The predicted octanol–water partition coefficient (Wildman–Crippen LogP) is 1.73. The fourth-order valence-corrected chi connectivity index (χ4v) is 3.44. The standard InChI is InChI=1S/C16H21N3O2.ClH/c1-10(17)16(21)19-8-6-11(7-9-19)14-12-4-2-3-5-13(12)18-15(14)20;/h2-5,10-11,14H,6-9,17H2,1H3,(H,18,20);1H/t10-,14?;/m1./s1. The van der Waals surface area contributed by atoms with Crippen LogP contribution in [0.3, 0.4) is 0 Å². The first-order chi connectivity index (χ1) is 10.1. The molecular weight excluding hydrogens is 302 g/mol. The van der Waals surface area contributed by atoms with Crippen molar-refractivity contribution in [1.29, 1.82) is 0 Å². The molecule has 22 heavy (non-hydrogen) atoms. The molecule has 1 aromatic carbocycles. The van der Waals surface area contributed by atoms with Gasteiger partial charge in [-0.15, -0.1) is 12.4 Å². The molecule has 2 heterocycles. The lowest BCUT2D eigenvalue weighted by atomic mass is 9.80. The van der Waals surface area contributed by atoms with Crippen LogP contribution in [0.1, 0.15) is 31.2 Å². The molecule has 6 heteroatoms. The number of fused-ring (bicyclic) bond motifs is 1. The van der Waals surface area contributed by atoms with Gasteiger partial charge in [0.05, 0.1) is 12.0 Å². The highest BCUT2D eigenvalue weighted by atomic mass is 35.5. The summed E-state index contributed by atoms with van der Waals surface area (Å²) in [5.41, 5.74) is 7.68. The van der Waals surface area contributed by atoms with Gasteiger partial charge in [-0.25, -0.2) is 0 Å². The third-order valence-electron chi connectivity index (χ3n) is 4.55. The van der Waals surface area contributed by atoms with E-state index in [0.29, 0.717) is 19.0 Å². The van der Waals surface area contributed by atoms with Crippen LogP contribution in [0.4, 0.5) is 5.69 Å². The highest BCUT2D eigenvalue weighted by Gasteiger charge is 2.38. The van der Waals surface area contributed by atoms with Crippen LogP contribution in [0, 0.1) is 5.92 Å². The van der Waals surface area contributed by atoms with Crippen molar-refractivity contribution < 1.29 is 9.59 Å². The van der Waals surface area contributed by atoms with E-state index in [9.17, 15) is 9.59 Å². The van der Waals surface area contributed by atoms with Crippen LogP contribution in [-0.2, 0) is 9.59 Å². The summed E-state index contributed by atoms with van der Waals surface area (Å²) in [7, 11) is 0. The first-order valence-corrected chi connectivity index (χ1v) is 7.52. The summed E-state index contributed by atoms with van der Waals surface area (Å²) in [5, 5.41) is 2.96. The molecule has 120 valence electrons. The number of hydrogen-bond donors (Lipinski definition) is 2. The van der Waals surface area contributed by atoms with E-state index in [1.165, 1.54) is 0 Å². The zero-order valence-corrected chi connectivity index (χ0v) is 13.4. The van der Waals surface area contributed by atoms with Crippen molar-refractivity contribution in [1.82, 2.24) is 4.90 Å². The van der Waals surface area contributed by atoms with Crippen molar-refractivity contribution in [3.63, 3.8) is 0 Å². The lowest BCUT2D eigenvalue weighted by Gasteiger charge is -2.35. The predicted molar refractivity (Wildman–Crippen MR) is 88.0 cm³/mol. The van der Waals surface area contributed by atoms with Gasteiger partial charge in [0.15, 0.2) is 0 Å². The first-order valence-electron chi connectivity index (χ1n) is 7.52. The minimum atomic E-state index is -0.447. The van der Waals surface area contributed by atoms with E-state index < -0.39 is 6.04 Å². The average molecular weight is 324 g/mol. The number of nitrogens with one attached hydrogen (secondary N) is 1. The van der Waals surface area contributed by atoms with Gasteiger partial charge in [0, 0.05) is 18.8 Å². The molecule has 2 atom stereocenters. The van der Waals surface area contributed by atoms with E-state index in [2.05, 4.69) is 5.32 Å². The number of benzene rings is 1. The van der Waals surface area contributed by atoms with Gasteiger partial charge in [0.25, 0.3) is 0 Å². The molecule has 2 aliphatic rings. The minimum absolute atomic E-state index is 0. The third-order valence-corrected chi connectivity index (χ3v) is 4.55. The van der Waals surface area contributed by atoms with Crippen molar-refractivity contribution in [2.75, 3.05) is 18.4 Å². The lowest BCUT2D eigenvalue weighted by molar-refractivity contribution is -0.133. The Balaban J connectivity index is 0.00000176. The number of rotatable bonds is 2. The number of nitrogens with zero attached hydrogens (tertiary/aromatic N) is 1. The summed E-state index contributed by atoms with van der Waals surface area (Å²) in [6.45, 7) is 3.10. The zero-order valence-electron chi connectivity index (χ0n) is 12.6. The van der Waals surface area contributed by atoms with Crippen molar-refractivity contribution >= 4 is 29.9 Å². The Bertz CT molecular complexity index is 568. The van der Waals surface area contributed by atoms with Gasteiger partial charge >= 0.3 is 0 Å². The molecule has 3 N–H and O–H groups in total. The highest BCUT2D eigenvalue weighted by molar-refractivity contribution is 6.03. The number of hydrogen-bond acceptors (Lipinski definition) is 3. The number of piperidine rings is 1. The molecule has 2 aliphatic heterocycles. The Labute approximate surface area is 136 Å². The van der Waals surface area contributed by atoms with E-state index in [1.807, 2.05) is 29.2 Å². The molecule has 3 rings (SSSR count). The second-order valence-corrected chi connectivity index (χ2v) is 6.01. The van der Waals surface area contributed by atoms with E-state index in [-0.39, 0.29) is 30.1 Å². The quantitative estimate of drug-likeness (QED) is 0.870. The van der Waals surface area contributed by atoms with Gasteiger partial charge in [-0.3, -0.25) is 9.59 Å². The Morgan fingerprint density at radius 1 is 1.32 bits per heavy atom. The molecule has 1 unspecified atom stereocenters. The molecule has 2 amide bonds. The van der Waals surface area contributed by atoms with Crippen LogP contribution in [0.25, 0.3) is 0 Å². The number of likely N-dealkylation sites (tertiary alicyclic amines) is 1. The SMILES string of the molecule is C[C@@H](N)C(=O)N1CCC(C2C(=O)Nc3ccccc32)CC1.Cl. The molecule has 0 aromatic heterocycles. The number of carbonyl (C=O) groups excluding carboxylic acids is 2.